The highest BCUT2D eigenvalue weighted by Gasteiger charge is 2.24. The number of piperidine rings is 1. The number of hydrogen-bond donors (Lipinski definition) is 1. The summed E-state index contributed by atoms with van der Waals surface area (Å²) in [5.74, 6) is -0.333. The highest BCUT2D eigenvalue weighted by Crippen LogP contribution is 2.27. The van der Waals surface area contributed by atoms with Gasteiger partial charge in [-0.05, 0) is 48.7 Å². The summed E-state index contributed by atoms with van der Waals surface area (Å²) < 4.78 is 16.2. The van der Waals surface area contributed by atoms with Crippen molar-refractivity contribution in [2.45, 2.75) is 25.3 Å². The predicted molar refractivity (Wildman–Crippen MR) is 102 cm³/mol. The molecule has 2 aromatic heterocycles. The molecule has 1 aliphatic heterocycles. The fourth-order valence-corrected chi connectivity index (χ4v) is 3.81. The molecule has 1 saturated heterocycles. The van der Waals surface area contributed by atoms with Crippen LogP contribution < -0.4 is 0 Å². The molecular weight excluding hydrogens is 369 g/mol. The minimum atomic E-state index is -0.865. The maximum Gasteiger partial charge on any atom is 0.407 e. The molecule has 1 fully saturated rings. The number of amides is 1. The van der Waals surface area contributed by atoms with E-state index in [9.17, 15) is 9.18 Å². The first-order valence-electron chi connectivity index (χ1n) is 8.89. The minimum absolute atomic E-state index is 0.216. The highest BCUT2D eigenvalue weighted by atomic mass is 35.5. The molecule has 1 aromatic carbocycles. The molecule has 0 aliphatic carbocycles. The Bertz CT molecular complexity index is 996. The third-order valence-electron chi connectivity index (χ3n) is 5.14. The van der Waals surface area contributed by atoms with E-state index in [0.717, 1.165) is 29.6 Å². The summed E-state index contributed by atoms with van der Waals surface area (Å²) in [4.78, 5) is 17.3. The first-order chi connectivity index (χ1) is 13.0. The summed E-state index contributed by atoms with van der Waals surface area (Å²) in [6.07, 6.45) is 3.05. The molecule has 5 nitrogen and oxygen atoms in total. The van der Waals surface area contributed by atoms with Crippen LogP contribution in [0.3, 0.4) is 0 Å². The van der Waals surface area contributed by atoms with Crippen LogP contribution in [0.2, 0.25) is 5.02 Å². The smallest absolute Gasteiger partial charge is 0.407 e. The monoisotopic (exact) mass is 387 g/mol. The van der Waals surface area contributed by atoms with Gasteiger partial charge in [0.1, 0.15) is 11.5 Å². The Morgan fingerprint density at radius 1 is 1.22 bits per heavy atom. The van der Waals surface area contributed by atoms with Crippen molar-refractivity contribution < 1.29 is 14.3 Å². The molecule has 27 heavy (non-hydrogen) atoms. The fourth-order valence-electron chi connectivity index (χ4n) is 3.66. The van der Waals surface area contributed by atoms with Crippen LogP contribution >= 0.6 is 11.6 Å². The Balaban J connectivity index is 1.59. The normalized spacial score (nSPS) is 15.4. The van der Waals surface area contributed by atoms with Crippen molar-refractivity contribution in [3.63, 3.8) is 0 Å². The van der Waals surface area contributed by atoms with Crippen molar-refractivity contribution >= 4 is 28.7 Å². The van der Waals surface area contributed by atoms with Gasteiger partial charge in [0, 0.05) is 47.9 Å². The molecule has 0 bridgehead atoms. The number of benzene rings is 1. The number of nitrogens with zero attached hydrogens (tertiary/aromatic N) is 3. The van der Waals surface area contributed by atoms with Gasteiger partial charge in [0.2, 0.25) is 0 Å². The summed E-state index contributed by atoms with van der Waals surface area (Å²) in [5, 5.41) is 10.5. The van der Waals surface area contributed by atoms with Crippen LogP contribution in [0.1, 0.15) is 30.1 Å². The number of rotatable bonds is 3. The maximum absolute atomic E-state index is 14.1. The second kappa shape index (κ2) is 7.19. The quantitative estimate of drug-likeness (QED) is 0.706. The Kier molecular flexibility index (Phi) is 4.74. The van der Waals surface area contributed by atoms with E-state index in [2.05, 4.69) is 4.57 Å². The molecule has 0 unspecified atom stereocenters. The first kappa shape index (κ1) is 17.8. The third kappa shape index (κ3) is 3.62. The molecule has 1 N–H and O–H groups in total. The number of likely N-dealkylation sites (tertiary alicyclic amines) is 1. The van der Waals surface area contributed by atoms with E-state index in [1.165, 1.54) is 11.0 Å². The second-order valence-electron chi connectivity index (χ2n) is 6.85. The van der Waals surface area contributed by atoms with Gasteiger partial charge in [0.05, 0.1) is 0 Å². The minimum Gasteiger partial charge on any atom is -0.465 e. The van der Waals surface area contributed by atoms with Crippen molar-refractivity contribution in [3.05, 3.63) is 64.7 Å². The molecular formula is C20H19ClFN3O2. The third-order valence-corrected chi connectivity index (χ3v) is 5.37. The van der Waals surface area contributed by atoms with E-state index in [0.29, 0.717) is 30.1 Å². The molecule has 0 atom stereocenters. The number of fused-ring (bicyclic) bond motifs is 1. The van der Waals surface area contributed by atoms with Crippen LogP contribution in [-0.2, 0) is 6.42 Å². The number of halogens is 2. The maximum atomic E-state index is 14.1. The van der Waals surface area contributed by atoms with Crippen molar-refractivity contribution in [2.24, 2.45) is 0 Å². The average Bonchev–Trinajstić information content (AvgIpc) is 3.07. The van der Waals surface area contributed by atoms with Gasteiger partial charge >= 0.3 is 6.09 Å². The molecule has 0 spiro atoms. The summed E-state index contributed by atoms with van der Waals surface area (Å²) in [5.41, 5.74) is 2.20. The van der Waals surface area contributed by atoms with Crippen molar-refractivity contribution in [1.82, 2.24) is 14.5 Å². The lowest BCUT2D eigenvalue weighted by molar-refractivity contribution is 0.126. The molecule has 3 heterocycles. The van der Waals surface area contributed by atoms with E-state index in [-0.39, 0.29) is 11.9 Å². The first-order valence-corrected chi connectivity index (χ1v) is 9.27. The Hall–Kier alpha value is -2.60. The number of carbonyl (C=O) groups is 1. The predicted octanol–water partition coefficient (Wildman–Crippen LogP) is 4.73. The number of carboxylic acid groups (broad SMARTS) is 1. The van der Waals surface area contributed by atoms with E-state index in [1.807, 2.05) is 24.4 Å². The lowest BCUT2D eigenvalue weighted by atomic mass is 10.1. The van der Waals surface area contributed by atoms with Crippen molar-refractivity contribution in [1.29, 1.82) is 0 Å². The number of aromatic nitrogens is 2. The van der Waals surface area contributed by atoms with Gasteiger partial charge in [-0.1, -0.05) is 17.7 Å². The van der Waals surface area contributed by atoms with Crippen LogP contribution in [0.15, 0.2) is 42.6 Å². The summed E-state index contributed by atoms with van der Waals surface area (Å²) in [7, 11) is 0. The van der Waals surface area contributed by atoms with Gasteiger partial charge in [0.25, 0.3) is 0 Å². The van der Waals surface area contributed by atoms with Gasteiger partial charge in [-0.15, -0.1) is 0 Å². The fraction of sp³-hybridized carbons (Fsp3) is 0.300. The van der Waals surface area contributed by atoms with E-state index < -0.39 is 6.09 Å². The van der Waals surface area contributed by atoms with Crippen LogP contribution in [0.25, 0.3) is 11.0 Å². The van der Waals surface area contributed by atoms with Crippen molar-refractivity contribution in [2.75, 3.05) is 13.1 Å². The number of pyridine rings is 1. The molecule has 7 heteroatoms. The molecule has 140 valence electrons. The lowest BCUT2D eigenvalue weighted by Gasteiger charge is -2.31. The van der Waals surface area contributed by atoms with Gasteiger partial charge in [-0.2, -0.15) is 0 Å². The topological polar surface area (TPSA) is 58.4 Å². The summed E-state index contributed by atoms with van der Waals surface area (Å²) in [6.45, 7) is 1.05. The zero-order valence-electron chi connectivity index (χ0n) is 14.6. The van der Waals surface area contributed by atoms with Crippen molar-refractivity contribution in [3.8, 4) is 0 Å². The Morgan fingerprint density at radius 3 is 2.70 bits per heavy atom. The largest absolute Gasteiger partial charge is 0.465 e. The molecule has 3 aromatic rings. The Labute approximate surface area is 161 Å². The molecule has 1 amide bonds. The van der Waals surface area contributed by atoms with Gasteiger partial charge in [0.15, 0.2) is 0 Å². The molecule has 4 rings (SSSR count). The van der Waals surface area contributed by atoms with Crippen LogP contribution in [0, 0.1) is 5.82 Å². The summed E-state index contributed by atoms with van der Waals surface area (Å²) >= 11 is 5.82. The van der Waals surface area contributed by atoms with E-state index in [4.69, 9.17) is 21.7 Å². The molecule has 1 aliphatic rings. The van der Waals surface area contributed by atoms with Crippen LogP contribution in [-0.4, -0.2) is 38.7 Å². The highest BCUT2D eigenvalue weighted by molar-refractivity contribution is 6.30. The van der Waals surface area contributed by atoms with Gasteiger partial charge in [-0.3, -0.25) is 0 Å². The number of hydrogen-bond acceptors (Lipinski definition) is 2. The Morgan fingerprint density at radius 2 is 2.00 bits per heavy atom. The molecule has 0 saturated carbocycles. The standard InChI is InChI=1S/C20H19ClFN3O2/c21-15-3-1-14(18(22)12-15)11-16-4-2-13-5-10-25(19(13)23-16)17-6-8-24(9-7-17)20(26)27/h1-5,10,12,17H,6-9,11H2,(H,26,27). The van der Waals surface area contributed by atoms with Crippen LogP contribution in [0.5, 0.6) is 0 Å². The van der Waals surface area contributed by atoms with Gasteiger partial charge < -0.3 is 14.6 Å². The zero-order chi connectivity index (χ0) is 19.0. The van der Waals surface area contributed by atoms with E-state index in [1.54, 1.807) is 12.1 Å². The summed E-state index contributed by atoms with van der Waals surface area (Å²) in [6, 6.07) is 10.8. The zero-order valence-corrected chi connectivity index (χ0v) is 15.4. The average molecular weight is 388 g/mol. The molecule has 0 radical (unpaired) electrons. The second-order valence-corrected chi connectivity index (χ2v) is 7.29. The SMILES string of the molecule is O=C(O)N1CCC(n2ccc3ccc(Cc4ccc(Cl)cc4F)nc32)CC1. The van der Waals surface area contributed by atoms with E-state index >= 15 is 0 Å². The lowest BCUT2D eigenvalue weighted by Crippen LogP contribution is -2.38. The van der Waals surface area contributed by atoms with Crippen LogP contribution in [0.4, 0.5) is 9.18 Å². The van der Waals surface area contributed by atoms with Gasteiger partial charge in [-0.25, -0.2) is 14.2 Å².